The van der Waals surface area contributed by atoms with E-state index < -0.39 is 0 Å². The van der Waals surface area contributed by atoms with E-state index in [9.17, 15) is 29.4 Å². The molecule has 0 atom stereocenters. The van der Waals surface area contributed by atoms with Crippen molar-refractivity contribution in [3.05, 3.63) is 303 Å². The van der Waals surface area contributed by atoms with Crippen molar-refractivity contribution in [3.8, 4) is 102 Å². The van der Waals surface area contributed by atoms with Gasteiger partial charge in [0.25, 0.3) is 17.7 Å². The third kappa shape index (κ3) is 23.4. The summed E-state index contributed by atoms with van der Waals surface area (Å²) in [7, 11) is 0. The van der Waals surface area contributed by atoms with Gasteiger partial charge in [-0.1, -0.05) is 272 Å². The molecule has 10 aromatic carbocycles. The summed E-state index contributed by atoms with van der Waals surface area (Å²) in [5, 5.41) is 42.3. The first-order valence-corrected chi connectivity index (χ1v) is 43.6. The number of aromatic hydroxyl groups is 2. The molecule has 128 heavy (non-hydrogen) atoms. The Kier molecular flexibility index (Phi) is 30.8. The first-order chi connectivity index (χ1) is 61.8. The number of hydrogen-bond donors (Lipinski definition) is 5. The van der Waals surface area contributed by atoms with E-state index in [-0.39, 0.29) is 68.3 Å². The lowest BCUT2D eigenvalue weighted by Gasteiger charge is -2.26. The molecule has 13 aromatic rings. The highest BCUT2D eigenvalue weighted by Gasteiger charge is 2.35. The first kappa shape index (κ1) is 92.2. The number of nitrogens with zero attached hydrogens (tertiary/aromatic N) is 5. The molecule has 2 aliphatic heterocycles. The van der Waals surface area contributed by atoms with Gasteiger partial charge in [0.05, 0.1) is 59.8 Å². The Labute approximate surface area is 748 Å². The number of carbonyl (C=O) groups is 4. The lowest BCUT2D eigenvalue weighted by atomic mass is 9.84. The summed E-state index contributed by atoms with van der Waals surface area (Å²) in [6, 6.07) is 74.2. The molecule has 2 fully saturated rings. The van der Waals surface area contributed by atoms with Gasteiger partial charge in [-0.2, -0.15) is 0 Å². The van der Waals surface area contributed by atoms with Crippen LogP contribution in [0.5, 0.6) is 34.5 Å². The summed E-state index contributed by atoms with van der Waals surface area (Å²) >= 11 is 0. The molecule has 2 saturated heterocycles. The third-order valence-corrected chi connectivity index (χ3v) is 22.0. The molecule has 5 heterocycles. The number of aromatic nitrogens is 3. The minimum absolute atomic E-state index is 0.00349. The number of ether oxygens (including phenoxy) is 6. The van der Waals surface area contributed by atoms with Gasteiger partial charge >= 0.3 is 0 Å². The molecule has 0 spiro atoms. The number of phenolic OH excluding ortho intramolecular Hbond substituents is 2. The zero-order valence-corrected chi connectivity index (χ0v) is 75.0. The highest BCUT2D eigenvalue weighted by molar-refractivity contribution is 6.05. The monoisotopic (exact) mass is 1730 g/mol. The molecule has 664 valence electrons. The largest absolute Gasteiger partial charge is 0.508 e. The Hall–Kier alpha value is -13.5. The van der Waals surface area contributed by atoms with Crippen LogP contribution in [-0.4, -0.2) is 132 Å². The number of aldehydes is 1. The molecule has 2 aliphatic rings. The van der Waals surface area contributed by atoms with Crippen LogP contribution in [0.25, 0.3) is 67.4 Å². The lowest BCUT2D eigenvalue weighted by molar-refractivity contribution is 0.0341. The summed E-state index contributed by atoms with van der Waals surface area (Å²) in [6.45, 7) is 35.3. The van der Waals surface area contributed by atoms with Crippen molar-refractivity contribution in [1.29, 1.82) is 0 Å². The summed E-state index contributed by atoms with van der Waals surface area (Å²) in [5.74, 6) is 2.46. The van der Waals surface area contributed by atoms with E-state index in [1.807, 2.05) is 217 Å². The summed E-state index contributed by atoms with van der Waals surface area (Å²) < 4.78 is 54.7. The predicted molar refractivity (Wildman–Crippen MR) is 496 cm³/mol. The Bertz CT molecular complexity index is 5860. The zero-order valence-electron chi connectivity index (χ0n) is 75.0. The smallest absolute Gasteiger partial charge is 0.274 e. The first-order valence-electron chi connectivity index (χ1n) is 43.6. The van der Waals surface area contributed by atoms with Gasteiger partial charge in [0.2, 0.25) is 0 Å². The van der Waals surface area contributed by atoms with E-state index in [0.29, 0.717) is 125 Å². The molecule has 15 rings (SSSR count). The second-order valence-corrected chi connectivity index (χ2v) is 34.6. The summed E-state index contributed by atoms with van der Waals surface area (Å²) in [6.07, 6.45) is 0.780. The van der Waals surface area contributed by atoms with E-state index in [4.69, 9.17) is 42.0 Å². The van der Waals surface area contributed by atoms with Crippen molar-refractivity contribution in [2.75, 3.05) is 72.2 Å². The van der Waals surface area contributed by atoms with Crippen molar-refractivity contribution < 1.29 is 71.4 Å². The van der Waals surface area contributed by atoms with Crippen molar-refractivity contribution in [1.82, 2.24) is 41.2 Å². The number of morpholine rings is 2. The fourth-order valence-corrected chi connectivity index (χ4v) is 15.2. The minimum atomic E-state index is -0.379. The fraction of sp³-hybridized carbons (Fsp3) is 0.305. The van der Waals surface area contributed by atoms with E-state index in [2.05, 4.69) is 101 Å². The second-order valence-electron chi connectivity index (χ2n) is 34.6. The zero-order chi connectivity index (χ0) is 90.5. The molecule has 0 unspecified atom stereocenters. The van der Waals surface area contributed by atoms with E-state index in [1.54, 1.807) is 30.3 Å². The molecule has 0 aliphatic carbocycles. The SMILES string of the molecule is CCNC(=O)c1noc(-c2cc(C(C)(C)C)c(O)cc2O)c1-c1ccc(CN2CCOCC2)cc1.CCNC(=O)c1noc(-c2cc(C(C)(C)C)c(OCc3ccccc3)cc2OCc2ccccc2)c1-c1ccc(C=O)cc1.CCNC(=O)c1noc(-c2cc(C(C)(C)C)c(OCc3ccccc3)cc2OCc2ccccc2)c1-c1ccc(CN2CCOCC2)cc1. The van der Waals surface area contributed by atoms with Gasteiger partial charge in [-0.05, 0) is 105 Å². The number of benzene rings is 10. The number of nitrogens with one attached hydrogen (secondary N) is 3. The maximum absolute atomic E-state index is 13.4. The highest BCUT2D eigenvalue weighted by Crippen LogP contribution is 2.50. The molecule has 3 amide bonds. The van der Waals surface area contributed by atoms with Crippen LogP contribution >= 0.6 is 0 Å². The van der Waals surface area contributed by atoms with Crippen LogP contribution in [0.2, 0.25) is 0 Å². The van der Waals surface area contributed by atoms with Crippen LogP contribution in [-0.2, 0) is 65.2 Å². The standard InChI is InChI=1S/C41H45N3O5.C37H36N2O5.C27H33N3O5/c1-5-42-40(45)38-37(32-18-16-29(17-19-32)26-44-20-22-46-23-21-44)39(49-43-38)33-24-34(41(2,3)4)36(48-28-31-14-10-7-11-15-31)25-35(33)47-27-30-12-8-6-9-13-30;1-5-38-36(41)34-33(28-18-16-25(22-40)17-19-28)35(44-39-34)29-20-30(37(2,3)4)32(43-24-27-14-10-7-11-15-27)21-31(29)42-23-26-12-8-6-9-13-26;1-5-28-26(33)24-23(18-8-6-17(7-9-18)16-30-10-12-34-13-11-30)25(35-29-24)19-14-20(27(2,3)4)22(32)15-21(19)31/h6-19,24-25H,5,20-23,26-28H2,1-4H3,(H,42,45);6-22H,5,23-24H2,1-4H3,(H,38,41);6-9,14-15,31-32H,5,10-13,16H2,1-4H3,(H,28,33). The molecule has 0 saturated carbocycles. The number of carbonyl (C=O) groups excluding carboxylic acids is 4. The van der Waals surface area contributed by atoms with Crippen molar-refractivity contribution >= 4 is 24.0 Å². The Morgan fingerprint density at radius 1 is 0.367 bits per heavy atom. The molecule has 23 nitrogen and oxygen atoms in total. The maximum Gasteiger partial charge on any atom is 0.274 e. The van der Waals surface area contributed by atoms with Gasteiger partial charge in [-0.25, -0.2) is 0 Å². The van der Waals surface area contributed by atoms with Crippen molar-refractivity contribution in [3.63, 3.8) is 0 Å². The average Bonchev–Trinajstić information content (AvgIpc) is 1.51. The normalized spacial score (nSPS) is 13.1. The van der Waals surface area contributed by atoms with Gasteiger partial charge in [-0.15, -0.1) is 0 Å². The van der Waals surface area contributed by atoms with Gasteiger partial charge in [-0.3, -0.25) is 29.0 Å². The molecule has 0 bridgehead atoms. The number of phenols is 2. The lowest BCUT2D eigenvalue weighted by Crippen LogP contribution is -2.35. The van der Waals surface area contributed by atoms with Gasteiger partial charge < -0.3 is 68.2 Å². The van der Waals surface area contributed by atoms with Crippen LogP contribution in [0.3, 0.4) is 0 Å². The Morgan fingerprint density at radius 3 is 0.969 bits per heavy atom. The van der Waals surface area contributed by atoms with E-state index in [1.165, 1.54) is 11.6 Å². The van der Waals surface area contributed by atoms with Crippen molar-refractivity contribution in [2.45, 2.75) is 139 Å². The van der Waals surface area contributed by atoms with Gasteiger partial charge in [0, 0.05) is 99.4 Å². The molecular weight excluding hydrogens is 1610 g/mol. The van der Waals surface area contributed by atoms with Crippen LogP contribution in [0.1, 0.15) is 175 Å². The quantitative estimate of drug-likeness (QED) is 0.0272. The summed E-state index contributed by atoms with van der Waals surface area (Å²) in [5.41, 5.74) is 14.7. The summed E-state index contributed by atoms with van der Waals surface area (Å²) in [4.78, 5) is 55.5. The van der Waals surface area contributed by atoms with Crippen molar-refractivity contribution in [2.24, 2.45) is 0 Å². The third-order valence-electron chi connectivity index (χ3n) is 22.0. The maximum atomic E-state index is 13.4. The van der Waals surface area contributed by atoms with Crippen LogP contribution in [0.15, 0.2) is 244 Å². The predicted octanol–water partition coefficient (Wildman–Crippen LogP) is 20.4. The number of hydrogen-bond acceptors (Lipinski definition) is 20. The van der Waals surface area contributed by atoms with Crippen LogP contribution < -0.4 is 34.9 Å². The average molecular weight is 1730 g/mol. The second kappa shape index (κ2) is 42.7. The minimum Gasteiger partial charge on any atom is -0.508 e. The molecule has 3 aromatic heterocycles. The van der Waals surface area contributed by atoms with Gasteiger partial charge in [0.15, 0.2) is 34.4 Å². The van der Waals surface area contributed by atoms with Crippen LogP contribution in [0.4, 0.5) is 0 Å². The highest BCUT2D eigenvalue weighted by atomic mass is 16.5. The van der Waals surface area contributed by atoms with Gasteiger partial charge in [0.1, 0.15) is 67.2 Å². The van der Waals surface area contributed by atoms with E-state index in [0.717, 1.165) is 128 Å². The Morgan fingerprint density at radius 2 is 0.664 bits per heavy atom. The molecular formula is C105H114N8O15. The van der Waals surface area contributed by atoms with Crippen LogP contribution in [0, 0.1) is 0 Å². The Balaban J connectivity index is 0.000000166. The molecule has 0 radical (unpaired) electrons. The van der Waals surface area contributed by atoms with E-state index >= 15 is 0 Å². The topological polar surface area (TPSA) is 285 Å². The number of rotatable bonds is 29. The fourth-order valence-electron chi connectivity index (χ4n) is 15.2. The number of amides is 3. The molecule has 23 heteroatoms. The molecule has 5 N–H and O–H groups in total.